The van der Waals surface area contributed by atoms with Gasteiger partial charge in [0.15, 0.2) is 0 Å². The second-order valence-electron chi connectivity index (χ2n) is 28.2. The first-order valence-electron chi connectivity index (χ1n) is 31.4. The SMILES string of the molecule is C=C1N=C(/C=C2/CC(C)(COC(C)(C)C)C(/C=C3N=C(/C=C4/NC(=O)CC4(C)COC(C)(C)C)C[C@@]\3(C)[C@@H]3O[C@H](C)[C@H](OCc4ccccc4)C[C@H]3OCc3ccccc3)=N2)C[C@@]1(C)[C@@H]1O[C@H](C)[C@H](OCc2ccccc2)C[C@H]1OCc1ccccc1. The number of hydrogen-bond donors (Lipinski definition) is 1. The number of hydrogen-bond acceptors (Lipinski definition) is 12. The summed E-state index contributed by atoms with van der Waals surface area (Å²) in [6.45, 7) is 32.6. The van der Waals surface area contributed by atoms with Crippen LogP contribution < -0.4 is 5.32 Å². The lowest BCUT2D eigenvalue weighted by Gasteiger charge is -2.47. The van der Waals surface area contributed by atoms with Gasteiger partial charge >= 0.3 is 0 Å². The Morgan fingerprint density at radius 1 is 0.529 bits per heavy atom. The monoisotopic (exact) mass is 1180 g/mol. The highest BCUT2D eigenvalue weighted by molar-refractivity contribution is 6.07. The van der Waals surface area contributed by atoms with Crippen LogP contribution in [0.15, 0.2) is 184 Å². The number of carbonyl (C=O) groups excluding carboxylic acids is 1. The van der Waals surface area contributed by atoms with Crippen LogP contribution in [0.2, 0.25) is 0 Å². The number of allylic oxidation sites excluding steroid dienone is 4. The van der Waals surface area contributed by atoms with E-state index in [1.54, 1.807) is 0 Å². The van der Waals surface area contributed by atoms with Gasteiger partial charge in [0, 0.05) is 88.7 Å². The van der Waals surface area contributed by atoms with Crippen LogP contribution in [0.1, 0.15) is 144 Å². The minimum atomic E-state index is -0.745. The van der Waals surface area contributed by atoms with Crippen molar-refractivity contribution in [2.24, 2.45) is 36.6 Å². The van der Waals surface area contributed by atoms with Gasteiger partial charge in [-0.3, -0.25) is 19.8 Å². The first-order valence-corrected chi connectivity index (χ1v) is 31.4. The predicted octanol–water partition coefficient (Wildman–Crippen LogP) is 14.6. The van der Waals surface area contributed by atoms with Crippen LogP contribution in [0, 0.1) is 21.7 Å². The van der Waals surface area contributed by atoms with Crippen molar-refractivity contribution in [1.29, 1.82) is 0 Å². The topological polar surface area (TPSA) is 140 Å². The molecule has 10 rings (SSSR count). The number of amides is 1. The van der Waals surface area contributed by atoms with Crippen LogP contribution in [0.4, 0.5) is 0 Å². The van der Waals surface area contributed by atoms with Gasteiger partial charge in [-0.25, -0.2) is 0 Å². The molecule has 0 spiro atoms. The van der Waals surface area contributed by atoms with E-state index in [0.717, 1.165) is 62.2 Å². The standard InChI is InChI=1S/C74H94N4O9/c1-49-59(80-43-52-26-18-14-19-27-52)36-61(82-45-54-30-22-16-23-31-54)67(86-49)73(12)40-57(75-51(73)3)34-56-39-71(10,47-84-69(4,5)6)64(76-56)38-65-74(13,41-58(77-65)35-63-72(11,42-66(79)78-63)48-85-70(7,8)9)68-62(83-46-55-32-24-17-25-33-55)37-60(50(2)87-68)81-44-53-28-20-15-21-29-53/h14-35,38,49-50,59-62,67-68H,3,36-37,39-48H2,1-2,4-13H3,(H,78,79)/b56-34-,63-35+,65-38-/t49-,50-,59-,60-,61-,62-,67-,68-,71?,72?,73-,74-/m1/s1. The number of nitrogens with one attached hydrogen (secondary N) is 1. The molecular formula is C74H94N4O9. The van der Waals surface area contributed by atoms with Crippen LogP contribution in [0.5, 0.6) is 0 Å². The maximum Gasteiger partial charge on any atom is 0.225 e. The van der Waals surface area contributed by atoms with E-state index in [-0.39, 0.29) is 48.6 Å². The zero-order chi connectivity index (χ0) is 61.8. The Morgan fingerprint density at radius 2 is 0.943 bits per heavy atom. The number of ether oxygens (including phenoxy) is 8. The lowest BCUT2D eigenvalue weighted by atomic mass is 9.72. The van der Waals surface area contributed by atoms with E-state index in [9.17, 15) is 4.79 Å². The Morgan fingerprint density at radius 3 is 1.40 bits per heavy atom. The van der Waals surface area contributed by atoms with Gasteiger partial charge in [-0.1, -0.05) is 156 Å². The molecule has 87 heavy (non-hydrogen) atoms. The summed E-state index contributed by atoms with van der Waals surface area (Å²) in [5.41, 5.74) is 6.88. The fourth-order valence-electron chi connectivity index (χ4n) is 12.9. The molecular weight excluding hydrogens is 1090 g/mol. The molecule has 1 N–H and O–H groups in total. The molecule has 0 saturated carbocycles. The number of aliphatic imine (C=N–C) groups is 3. The van der Waals surface area contributed by atoms with Crippen molar-refractivity contribution in [3.63, 3.8) is 0 Å². The molecule has 3 saturated heterocycles. The van der Waals surface area contributed by atoms with Crippen LogP contribution in [-0.2, 0) is 69.1 Å². The summed E-state index contributed by atoms with van der Waals surface area (Å²) in [5, 5.41) is 3.22. The Bertz CT molecular complexity index is 3240. The van der Waals surface area contributed by atoms with E-state index < -0.39 is 39.0 Å². The van der Waals surface area contributed by atoms with Crippen LogP contribution >= 0.6 is 0 Å². The molecule has 6 heterocycles. The number of nitrogens with zero attached hydrogens (tertiary/aromatic N) is 3. The molecule has 2 unspecified atom stereocenters. The van der Waals surface area contributed by atoms with Gasteiger partial charge in [0.1, 0.15) is 0 Å². The lowest BCUT2D eigenvalue weighted by Crippen LogP contribution is -2.54. The molecule has 3 fully saturated rings. The summed E-state index contributed by atoms with van der Waals surface area (Å²) >= 11 is 0. The van der Waals surface area contributed by atoms with Gasteiger partial charge in [0.05, 0.1) is 111 Å². The van der Waals surface area contributed by atoms with Crippen molar-refractivity contribution in [2.75, 3.05) is 13.2 Å². The van der Waals surface area contributed by atoms with E-state index in [0.29, 0.717) is 78.2 Å². The van der Waals surface area contributed by atoms with E-state index in [4.69, 9.17) is 52.9 Å². The van der Waals surface area contributed by atoms with Crippen LogP contribution in [0.25, 0.3) is 0 Å². The second-order valence-corrected chi connectivity index (χ2v) is 28.2. The molecule has 0 radical (unpaired) electrons. The molecule has 4 aromatic carbocycles. The second kappa shape index (κ2) is 26.6. The largest absolute Gasteiger partial charge is 0.375 e. The third-order valence-electron chi connectivity index (χ3n) is 18.2. The number of rotatable bonds is 21. The van der Waals surface area contributed by atoms with E-state index in [2.05, 4.69) is 141 Å². The molecule has 0 aliphatic carbocycles. The first kappa shape index (κ1) is 64.0. The fourth-order valence-corrected chi connectivity index (χ4v) is 12.9. The molecule has 12 atom stereocenters. The van der Waals surface area contributed by atoms with Gasteiger partial charge in [-0.05, 0) is 95.9 Å². The van der Waals surface area contributed by atoms with Crippen LogP contribution in [0.3, 0.4) is 0 Å². The predicted molar refractivity (Wildman–Crippen MR) is 344 cm³/mol. The van der Waals surface area contributed by atoms with Crippen molar-refractivity contribution in [2.45, 2.75) is 208 Å². The molecule has 13 nitrogen and oxygen atoms in total. The summed E-state index contributed by atoms with van der Waals surface area (Å²) in [7, 11) is 0. The summed E-state index contributed by atoms with van der Waals surface area (Å²) in [5.74, 6) is -0.0430. The highest BCUT2D eigenvalue weighted by Crippen LogP contribution is 2.51. The molecule has 4 aromatic rings. The Kier molecular flexibility index (Phi) is 19.6. The van der Waals surface area contributed by atoms with Gasteiger partial charge in [-0.15, -0.1) is 0 Å². The van der Waals surface area contributed by atoms with Crippen molar-refractivity contribution >= 4 is 23.0 Å². The average molecular weight is 1180 g/mol. The molecule has 6 aliphatic heterocycles. The van der Waals surface area contributed by atoms with Crippen molar-refractivity contribution in [3.05, 3.63) is 191 Å². The third-order valence-corrected chi connectivity index (χ3v) is 18.2. The van der Waals surface area contributed by atoms with Crippen molar-refractivity contribution < 1.29 is 42.7 Å². The summed E-state index contributed by atoms with van der Waals surface area (Å²) in [6.07, 6.45) is 7.29. The maximum atomic E-state index is 13.4. The van der Waals surface area contributed by atoms with Crippen LogP contribution in [-0.4, -0.2) is 96.3 Å². The molecule has 0 bridgehead atoms. The molecule has 13 heteroatoms. The highest BCUT2D eigenvalue weighted by Gasteiger charge is 2.54. The van der Waals surface area contributed by atoms with Gasteiger partial charge in [-0.2, -0.15) is 0 Å². The van der Waals surface area contributed by atoms with Crippen molar-refractivity contribution in [3.8, 4) is 0 Å². The maximum absolute atomic E-state index is 13.4. The van der Waals surface area contributed by atoms with E-state index in [1.165, 1.54) is 0 Å². The highest BCUT2D eigenvalue weighted by atomic mass is 16.6. The number of carbonyl (C=O) groups is 1. The molecule has 464 valence electrons. The lowest BCUT2D eigenvalue weighted by molar-refractivity contribution is -0.220. The minimum absolute atomic E-state index is 0.0430. The van der Waals surface area contributed by atoms with Crippen molar-refractivity contribution in [1.82, 2.24) is 5.32 Å². The quantitative estimate of drug-likeness (QED) is 0.0863. The molecule has 0 aromatic heterocycles. The minimum Gasteiger partial charge on any atom is -0.375 e. The summed E-state index contributed by atoms with van der Waals surface area (Å²) in [6, 6.07) is 41.1. The molecule has 1 amide bonds. The third kappa shape index (κ3) is 15.7. The molecule has 6 aliphatic rings. The fraction of sp³-hybridized carbons (Fsp3) is 0.514. The van der Waals surface area contributed by atoms with Gasteiger partial charge in [0.2, 0.25) is 5.91 Å². The Hall–Kier alpha value is -6.00. The van der Waals surface area contributed by atoms with Gasteiger partial charge in [0.25, 0.3) is 0 Å². The Balaban J connectivity index is 0.997. The van der Waals surface area contributed by atoms with E-state index >= 15 is 0 Å². The smallest absolute Gasteiger partial charge is 0.225 e. The Labute approximate surface area is 517 Å². The average Bonchev–Trinajstić information content (AvgIpc) is 1.70. The zero-order valence-corrected chi connectivity index (χ0v) is 53.6. The normalized spacial score (nSPS) is 32.7. The zero-order valence-electron chi connectivity index (χ0n) is 53.6. The first-order chi connectivity index (χ1) is 41.3. The van der Waals surface area contributed by atoms with Gasteiger partial charge < -0.3 is 43.2 Å². The van der Waals surface area contributed by atoms with E-state index in [1.807, 2.05) is 93.6 Å². The number of benzene rings is 4. The summed E-state index contributed by atoms with van der Waals surface area (Å²) in [4.78, 5) is 29.8. The summed E-state index contributed by atoms with van der Waals surface area (Å²) < 4.78 is 54.8.